The molecule has 0 aliphatic carbocycles. The number of hydrogen-bond acceptors (Lipinski definition) is 5. The van der Waals surface area contributed by atoms with Gasteiger partial charge in [0.15, 0.2) is 5.75 Å². The van der Waals surface area contributed by atoms with Gasteiger partial charge in [0, 0.05) is 6.07 Å². The third-order valence-electron chi connectivity index (χ3n) is 1.69. The fraction of sp³-hybridized carbons (Fsp3) is 0.400. The Morgan fingerprint density at radius 1 is 1.60 bits per heavy atom. The van der Waals surface area contributed by atoms with E-state index in [0.29, 0.717) is 0 Å². The minimum atomic E-state index is -0.558. The molecule has 1 N–H and O–H groups in total. The van der Waals surface area contributed by atoms with Crippen LogP contribution in [0.5, 0.6) is 5.75 Å². The highest BCUT2D eigenvalue weighted by atomic mass is 16.5. The first-order valence-corrected chi connectivity index (χ1v) is 4.48. The number of carbonyl (C=O) groups is 1. The van der Waals surface area contributed by atoms with Crippen LogP contribution in [0, 0.1) is 5.92 Å². The summed E-state index contributed by atoms with van der Waals surface area (Å²) in [7, 11) is 0. The van der Waals surface area contributed by atoms with Gasteiger partial charge in [-0.15, -0.1) is 0 Å². The van der Waals surface area contributed by atoms with Crippen molar-refractivity contribution in [3.63, 3.8) is 0 Å². The second-order valence-corrected chi connectivity index (χ2v) is 3.36. The molecule has 0 aliphatic rings. The Morgan fingerprint density at radius 2 is 2.27 bits per heavy atom. The van der Waals surface area contributed by atoms with Crippen molar-refractivity contribution in [2.24, 2.45) is 5.92 Å². The Labute approximate surface area is 86.3 Å². The van der Waals surface area contributed by atoms with Crippen molar-refractivity contribution < 1.29 is 19.1 Å². The quantitative estimate of drug-likeness (QED) is 0.757. The maximum absolute atomic E-state index is 11.1. The summed E-state index contributed by atoms with van der Waals surface area (Å²) in [4.78, 5) is 22.0. The Bertz CT molecular complexity index is 405. The van der Waals surface area contributed by atoms with Crippen LogP contribution in [0.15, 0.2) is 21.5 Å². The molecular formula is C10H12O5. The van der Waals surface area contributed by atoms with Gasteiger partial charge in [-0.3, -0.25) is 9.59 Å². The molecule has 82 valence electrons. The number of hydrogen-bond donors (Lipinski definition) is 1. The lowest BCUT2D eigenvalue weighted by molar-refractivity contribution is -0.149. The molecule has 0 unspecified atom stereocenters. The number of rotatable bonds is 3. The first kappa shape index (κ1) is 11.3. The molecule has 0 aliphatic heterocycles. The van der Waals surface area contributed by atoms with E-state index in [1.165, 1.54) is 0 Å². The summed E-state index contributed by atoms with van der Waals surface area (Å²) in [6, 6.07) is 1.09. The highest BCUT2D eigenvalue weighted by molar-refractivity contribution is 5.71. The second-order valence-electron chi connectivity index (χ2n) is 3.36. The average Bonchev–Trinajstić information content (AvgIpc) is 2.19. The lowest BCUT2D eigenvalue weighted by Crippen LogP contribution is -2.12. The summed E-state index contributed by atoms with van der Waals surface area (Å²) in [6.45, 7) is 3.30. The van der Waals surface area contributed by atoms with E-state index in [1.807, 2.05) is 0 Å². The average molecular weight is 212 g/mol. The zero-order valence-corrected chi connectivity index (χ0v) is 8.52. The Morgan fingerprint density at radius 3 is 2.80 bits per heavy atom. The molecule has 1 aromatic rings. The summed E-state index contributed by atoms with van der Waals surface area (Å²) in [5, 5.41) is 8.90. The van der Waals surface area contributed by atoms with Crippen LogP contribution in [0.4, 0.5) is 0 Å². The number of esters is 1. The van der Waals surface area contributed by atoms with Crippen LogP contribution in [0.3, 0.4) is 0 Å². The van der Waals surface area contributed by atoms with Crippen LogP contribution in [-0.2, 0) is 16.1 Å². The van der Waals surface area contributed by atoms with E-state index in [-0.39, 0.29) is 24.3 Å². The topological polar surface area (TPSA) is 76.7 Å². The molecular weight excluding hydrogens is 200 g/mol. The molecule has 0 amide bonds. The number of aromatic hydroxyl groups is 1. The molecule has 5 nitrogen and oxygen atoms in total. The molecule has 0 fully saturated rings. The predicted molar refractivity (Wildman–Crippen MR) is 51.3 cm³/mol. The molecule has 1 aromatic heterocycles. The van der Waals surface area contributed by atoms with Crippen LogP contribution in [0.1, 0.15) is 19.6 Å². The van der Waals surface area contributed by atoms with Crippen molar-refractivity contribution in [2.75, 3.05) is 0 Å². The molecule has 0 bridgehead atoms. The van der Waals surface area contributed by atoms with Crippen LogP contribution >= 0.6 is 0 Å². The van der Waals surface area contributed by atoms with Crippen molar-refractivity contribution >= 4 is 5.97 Å². The second kappa shape index (κ2) is 4.63. The normalized spacial score (nSPS) is 10.3. The van der Waals surface area contributed by atoms with Crippen LogP contribution in [0.25, 0.3) is 0 Å². The van der Waals surface area contributed by atoms with Crippen molar-refractivity contribution in [3.05, 3.63) is 28.3 Å². The summed E-state index contributed by atoms with van der Waals surface area (Å²) < 4.78 is 9.67. The summed E-state index contributed by atoms with van der Waals surface area (Å²) in [6.07, 6.45) is 0.918. The maximum Gasteiger partial charge on any atom is 0.308 e. The zero-order valence-electron chi connectivity index (χ0n) is 8.52. The summed E-state index contributed by atoms with van der Waals surface area (Å²) >= 11 is 0. The third kappa shape index (κ3) is 3.12. The minimum absolute atomic E-state index is 0.105. The van der Waals surface area contributed by atoms with E-state index in [0.717, 1.165) is 12.3 Å². The minimum Gasteiger partial charge on any atom is -0.502 e. The van der Waals surface area contributed by atoms with E-state index in [2.05, 4.69) is 0 Å². The van der Waals surface area contributed by atoms with Gasteiger partial charge in [0.1, 0.15) is 18.6 Å². The van der Waals surface area contributed by atoms with Gasteiger partial charge in [0.2, 0.25) is 5.43 Å². The predicted octanol–water partition coefficient (Wildman–Crippen LogP) is 1.04. The fourth-order valence-electron chi connectivity index (χ4n) is 0.828. The van der Waals surface area contributed by atoms with Gasteiger partial charge in [0.25, 0.3) is 0 Å². The molecule has 1 rings (SSSR count). The lowest BCUT2D eigenvalue weighted by atomic mass is 10.2. The molecule has 0 atom stereocenters. The first-order chi connectivity index (χ1) is 7.00. The van der Waals surface area contributed by atoms with Gasteiger partial charge < -0.3 is 14.3 Å². The number of ether oxygens (including phenoxy) is 1. The van der Waals surface area contributed by atoms with Gasteiger partial charge in [-0.05, 0) is 0 Å². The Hall–Kier alpha value is -1.78. The smallest absolute Gasteiger partial charge is 0.308 e. The Balaban J connectivity index is 2.63. The maximum atomic E-state index is 11.1. The van der Waals surface area contributed by atoms with Gasteiger partial charge in [-0.25, -0.2) is 0 Å². The van der Waals surface area contributed by atoms with Gasteiger partial charge in [-0.2, -0.15) is 0 Å². The van der Waals surface area contributed by atoms with Crippen molar-refractivity contribution in [1.29, 1.82) is 0 Å². The van der Waals surface area contributed by atoms with Crippen LogP contribution < -0.4 is 5.43 Å². The van der Waals surface area contributed by atoms with Gasteiger partial charge in [0.05, 0.1) is 5.92 Å². The highest BCUT2D eigenvalue weighted by Gasteiger charge is 2.09. The molecule has 1 heterocycles. The van der Waals surface area contributed by atoms with E-state index in [9.17, 15) is 9.59 Å². The molecule has 0 spiro atoms. The lowest BCUT2D eigenvalue weighted by Gasteiger charge is -2.05. The molecule has 0 saturated heterocycles. The summed E-state index contributed by atoms with van der Waals surface area (Å²) in [5.41, 5.74) is -0.558. The van der Waals surface area contributed by atoms with Crippen molar-refractivity contribution in [3.8, 4) is 5.75 Å². The molecule has 0 saturated carbocycles. The van der Waals surface area contributed by atoms with E-state index in [4.69, 9.17) is 14.3 Å². The first-order valence-electron chi connectivity index (χ1n) is 4.48. The van der Waals surface area contributed by atoms with Crippen molar-refractivity contribution in [2.45, 2.75) is 20.5 Å². The van der Waals surface area contributed by atoms with Gasteiger partial charge >= 0.3 is 5.97 Å². The van der Waals surface area contributed by atoms with Crippen LogP contribution in [0.2, 0.25) is 0 Å². The monoisotopic (exact) mass is 212 g/mol. The van der Waals surface area contributed by atoms with E-state index < -0.39 is 11.2 Å². The molecule has 0 aromatic carbocycles. The largest absolute Gasteiger partial charge is 0.502 e. The SMILES string of the molecule is CC(C)C(=O)OCc1cc(=O)c(O)co1. The highest BCUT2D eigenvalue weighted by Crippen LogP contribution is 2.06. The fourth-order valence-corrected chi connectivity index (χ4v) is 0.828. The van der Waals surface area contributed by atoms with Crippen molar-refractivity contribution in [1.82, 2.24) is 0 Å². The van der Waals surface area contributed by atoms with E-state index >= 15 is 0 Å². The molecule has 0 radical (unpaired) electrons. The standard InChI is InChI=1S/C10H12O5/c1-6(2)10(13)15-4-7-3-8(11)9(12)5-14-7/h3,5-6,12H,4H2,1-2H3. The summed E-state index contributed by atoms with van der Waals surface area (Å²) in [5.74, 6) is -0.861. The van der Waals surface area contributed by atoms with Gasteiger partial charge in [-0.1, -0.05) is 13.8 Å². The van der Waals surface area contributed by atoms with E-state index in [1.54, 1.807) is 13.8 Å². The molecule has 15 heavy (non-hydrogen) atoms. The zero-order chi connectivity index (χ0) is 11.4. The molecule has 5 heteroatoms. The number of carbonyl (C=O) groups excluding carboxylic acids is 1. The van der Waals surface area contributed by atoms with Crippen LogP contribution in [-0.4, -0.2) is 11.1 Å². The Kier molecular flexibility index (Phi) is 3.49. The third-order valence-corrected chi connectivity index (χ3v) is 1.69.